The molecule has 25 heavy (non-hydrogen) atoms. The van der Waals surface area contributed by atoms with E-state index in [2.05, 4.69) is 16.4 Å². The number of rotatable bonds is 5. The molecule has 4 aliphatic carbocycles. The van der Waals surface area contributed by atoms with Gasteiger partial charge < -0.3 is 5.32 Å². The molecule has 4 aliphatic rings. The van der Waals surface area contributed by atoms with Gasteiger partial charge in [-0.3, -0.25) is 4.79 Å². The molecule has 1 amide bonds. The Balaban J connectivity index is 1.16. The smallest absolute Gasteiger partial charge is 0.230 e. The number of carbonyl (C=O) groups excluding carboxylic acids is 1. The van der Waals surface area contributed by atoms with Crippen LogP contribution >= 0.6 is 23.1 Å². The van der Waals surface area contributed by atoms with Gasteiger partial charge in [-0.05, 0) is 73.8 Å². The average molecular weight is 373 g/mol. The summed E-state index contributed by atoms with van der Waals surface area (Å²) >= 11 is 3.24. The highest BCUT2D eigenvalue weighted by molar-refractivity contribution is 8.01. The summed E-state index contributed by atoms with van der Waals surface area (Å²) in [6, 6.07) is 8.16. The molecule has 0 aliphatic heterocycles. The van der Waals surface area contributed by atoms with Crippen molar-refractivity contribution in [1.29, 1.82) is 0 Å². The Labute approximate surface area is 157 Å². The van der Waals surface area contributed by atoms with Gasteiger partial charge in [-0.25, -0.2) is 4.98 Å². The molecule has 6 rings (SSSR count). The van der Waals surface area contributed by atoms with E-state index in [1.807, 2.05) is 18.2 Å². The van der Waals surface area contributed by atoms with Crippen LogP contribution in [0, 0.1) is 23.2 Å². The van der Waals surface area contributed by atoms with Crippen molar-refractivity contribution in [3.05, 3.63) is 24.3 Å². The van der Waals surface area contributed by atoms with E-state index in [4.69, 9.17) is 0 Å². The Morgan fingerprint density at radius 2 is 1.84 bits per heavy atom. The number of hydrogen-bond acceptors (Lipinski definition) is 4. The molecule has 4 fully saturated rings. The number of aromatic nitrogens is 1. The molecule has 4 saturated carbocycles. The number of carbonyl (C=O) groups is 1. The Kier molecular flexibility index (Phi) is 4.05. The lowest BCUT2D eigenvalue weighted by atomic mass is 9.49. The molecule has 0 atom stereocenters. The first-order valence-electron chi connectivity index (χ1n) is 9.43. The average Bonchev–Trinajstić information content (AvgIpc) is 3.00. The monoisotopic (exact) mass is 372 g/mol. The summed E-state index contributed by atoms with van der Waals surface area (Å²) in [5.41, 5.74) is 1.45. The lowest BCUT2D eigenvalue weighted by molar-refractivity contribution is -0.120. The van der Waals surface area contributed by atoms with E-state index in [0.29, 0.717) is 11.2 Å². The molecule has 0 unspecified atom stereocenters. The van der Waals surface area contributed by atoms with Crippen LogP contribution < -0.4 is 5.32 Å². The molecule has 1 N–H and O–H groups in total. The van der Waals surface area contributed by atoms with Crippen LogP contribution in [0.25, 0.3) is 10.2 Å². The third-order valence-corrected chi connectivity index (χ3v) is 8.61. The molecule has 1 aromatic carbocycles. The highest BCUT2D eigenvalue weighted by atomic mass is 32.2. The number of thiazole rings is 1. The second-order valence-electron chi connectivity index (χ2n) is 8.43. The zero-order chi connectivity index (χ0) is 16.9. The Hall–Kier alpha value is -1.07. The van der Waals surface area contributed by atoms with Crippen LogP contribution in [-0.4, -0.2) is 23.2 Å². The summed E-state index contributed by atoms with van der Waals surface area (Å²) < 4.78 is 2.19. The lowest BCUT2D eigenvalue weighted by Gasteiger charge is -2.56. The van der Waals surface area contributed by atoms with Crippen molar-refractivity contribution in [1.82, 2.24) is 10.3 Å². The quantitative estimate of drug-likeness (QED) is 0.772. The molecule has 4 bridgehead atoms. The van der Waals surface area contributed by atoms with Crippen LogP contribution in [-0.2, 0) is 4.79 Å². The topological polar surface area (TPSA) is 42.0 Å². The highest BCUT2D eigenvalue weighted by Crippen LogP contribution is 2.59. The number of para-hydroxylation sites is 1. The number of hydrogen-bond donors (Lipinski definition) is 1. The zero-order valence-electron chi connectivity index (χ0n) is 14.4. The van der Waals surface area contributed by atoms with E-state index < -0.39 is 0 Å². The van der Waals surface area contributed by atoms with Gasteiger partial charge in [0, 0.05) is 6.54 Å². The van der Waals surface area contributed by atoms with Crippen molar-refractivity contribution in [2.45, 2.75) is 42.9 Å². The van der Waals surface area contributed by atoms with Gasteiger partial charge in [-0.2, -0.15) is 0 Å². The molecular formula is C20H24N2OS2. The van der Waals surface area contributed by atoms with Crippen molar-refractivity contribution >= 4 is 39.2 Å². The van der Waals surface area contributed by atoms with Crippen molar-refractivity contribution in [3.8, 4) is 0 Å². The normalized spacial score (nSPS) is 33.0. The van der Waals surface area contributed by atoms with Gasteiger partial charge in [0.2, 0.25) is 5.91 Å². The minimum absolute atomic E-state index is 0.167. The van der Waals surface area contributed by atoms with E-state index in [0.717, 1.165) is 34.2 Å². The van der Waals surface area contributed by atoms with Crippen LogP contribution in [0.5, 0.6) is 0 Å². The molecule has 2 aromatic rings. The Morgan fingerprint density at radius 1 is 1.16 bits per heavy atom. The molecular weight excluding hydrogens is 348 g/mol. The second-order valence-corrected chi connectivity index (χ2v) is 10.7. The van der Waals surface area contributed by atoms with Gasteiger partial charge in [0.15, 0.2) is 4.34 Å². The zero-order valence-corrected chi connectivity index (χ0v) is 16.0. The van der Waals surface area contributed by atoms with Gasteiger partial charge in [-0.15, -0.1) is 11.3 Å². The van der Waals surface area contributed by atoms with Crippen molar-refractivity contribution in [3.63, 3.8) is 0 Å². The highest BCUT2D eigenvalue weighted by Gasteiger charge is 2.50. The molecule has 3 nitrogen and oxygen atoms in total. The predicted molar refractivity (Wildman–Crippen MR) is 104 cm³/mol. The maximum atomic E-state index is 12.4. The molecule has 1 aromatic heterocycles. The fourth-order valence-corrected chi connectivity index (χ4v) is 7.78. The summed E-state index contributed by atoms with van der Waals surface area (Å²) in [4.78, 5) is 17.0. The maximum absolute atomic E-state index is 12.4. The van der Waals surface area contributed by atoms with E-state index in [-0.39, 0.29) is 5.91 Å². The standard InChI is InChI=1S/C20H24N2OS2/c23-18(11-24-19-22-16-3-1-2-4-17(16)25-19)21-12-20-8-13-5-14(9-20)7-15(6-13)10-20/h1-4,13-15H,5-12H2,(H,21,23). The fraction of sp³-hybridized carbons (Fsp3) is 0.600. The third-order valence-electron chi connectivity index (χ3n) is 6.43. The largest absolute Gasteiger partial charge is 0.355 e. The van der Waals surface area contributed by atoms with Crippen LogP contribution in [0.4, 0.5) is 0 Å². The third kappa shape index (κ3) is 3.21. The maximum Gasteiger partial charge on any atom is 0.230 e. The first-order chi connectivity index (χ1) is 12.2. The predicted octanol–water partition coefficient (Wildman–Crippen LogP) is 4.72. The SMILES string of the molecule is O=C(CSc1nc2ccccc2s1)NCC12CC3CC(CC(C3)C1)C2. The molecule has 0 saturated heterocycles. The molecule has 0 radical (unpaired) electrons. The van der Waals surface area contributed by atoms with E-state index in [9.17, 15) is 4.79 Å². The van der Waals surface area contributed by atoms with Gasteiger partial charge >= 0.3 is 0 Å². The minimum Gasteiger partial charge on any atom is -0.355 e. The van der Waals surface area contributed by atoms with E-state index in [1.165, 1.54) is 43.2 Å². The summed E-state index contributed by atoms with van der Waals surface area (Å²) in [6.45, 7) is 0.899. The van der Waals surface area contributed by atoms with Gasteiger partial charge in [0.25, 0.3) is 0 Å². The number of nitrogens with zero attached hydrogens (tertiary/aromatic N) is 1. The van der Waals surface area contributed by atoms with E-state index >= 15 is 0 Å². The van der Waals surface area contributed by atoms with Crippen molar-refractivity contribution in [2.24, 2.45) is 23.2 Å². The first kappa shape index (κ1) is 16.1. The Morgan fingerprint density at radius 3 is 2.52 bits per heavy atom. The van der Waals surface area contributed by atoms with E-state index in [1.54, 1.807) is 23.1 Å². The van der Waals surface area contributed by atoms with Crippen LogP contribution in [0.15, 0.2) is 28.6 Å². The van der Waals surface area contributed by atoms with Crippen molar-refractivity contribution < 1.29 is 4.79 Å². The molecule has 132 valence electrons. The summed E-state index contributed by atoms with van der Waals surface area (Å²) in [6.07, 6.45) is 8.43. The van der Waals surface area contributed by atoms with Crippen LogP contribution in [0.3, 0.4) is 0 Å². The second kappa shape index (κ2) is 6.27. The summed E-state index contributed by atoms with van der Waals surface area (Å²) in [7, 11) is 0. The number of thioether (sulfide) groups is 1. The van der Waals surface area contributed by atoms with Gasteiger partial charge in [0.05, 0.1) is 16.0 Å². The summed E-state index contributed by atoms with van der Waals surface area (Å²) in [5, 5.41) is 3.26. The number of fused-ring (bicyclic) bond motifs is 1. The van der Waals surface area contributed by atoms with Crippen molar-refractivity contribution in [2.75, 3.05) is 12.3 Å². The molecule has 5 heteroatoms. The number of amides is 1. The van der Waals surface area contributed by atoms with Crippen LogP contribution in [0.2, 0.25) is 0 Å². The van der Waals surface area contributed by atoms with Gasteiger partial charge in [-0.1, -0.05) is 23.9 Å². The summed E-state index contributed by atoms with van der Waals surface area (Å²) in [5.74, 6) is 3.48. The number of nitrogens with one attached hydrogen (secondary N) is 1. The lowest BCUT2D eigenvalue weighted by Crippen LogP contribution is -2.51. The number of benzene rings is 1. The molecule has 1 heterocycles. The minimum atomic E-state index is 0.167. The first-order valence-corrected chi connectivity index (χ1v) is 11.2. The Bertz CT molecular complexity index is 732. The van der Waals surface area contributed by atoms with Crippen LogP contribution in [0.1, 0.15) is 38.5 Å². The molecule has 0 spiro atoms. The van der Waals surface area contributed by atoms with Gasteiger partial charge in [0.1, 0.15) is 0 Å². The fourth-order valence-electron chi connectivity index (χ4n) is 5.88.